The molecule has 0 heterocycles. The van der Waals surface area contributed by atoms with Gasteiger partial charge in [-0.2, -0.15) is 0 Å². The van der Waals surface area contributed by atoms with Gasteiger partial charge in [-0.25, -0.2) is 0 Å². The Hall–Kier alpha value is -0.0800. The quantitative estimate of drug-likeness (QED) is 0.701. The number of ether oxygens (including phenoxy) is 1. The van der Waals surface area contributed by atoms with Crippen molar-refractivity contribution >= 4 is 0 Å². The SMILES string of the molecule is COC(C)C(N)CC1CCCC1. The van der Waals surface area contributed by atoms with Crippen LogP contribution >= 0.6 is 0 Å². The highest BCUT2D eigenvalue weighted by Gasteiger charge is 2.20. The third-order valence-corrected chi connectivity index (χ3v) is 3.05. The lowest BCUT2D eigenvalue weighted by Gasteiger charge is -2.21. The molecule has 1 aliphatic rings. The van der Waals surface area contributed by atoms with Crippen molar-refractivity contribution in [1.82, 2.24) is 0 Å². The molecule has 2 atom stereocenters. The topological polar surface area (TPSA) is 35.2 Å². The molecule has 1 fully saturated rings. The van der Waals surface area contributed by atoms with Gasteiger partial charge < -0.3 is 10.5 Å². The maximum atomic E-state index is 5.98. The fraction of sp³-hybridized carbons (Fsp3) is 1.00. The Kier molecular flexibility index (Phi) is 4.02. The van der Waals surface area contributed by atoms with Crippen LogP contribution in [-0.2, 0) is 4.74 Å². The lowest BCUT2D eigenvalue weighted by molar-refractivity contribution is 0.0875. The molecule has 0 aromatic rings. The van der Waals surface area contributed by atoms with Gasteiger partial charge in [0.25, 0.3) is 0 Å². The molecule has 2 N–H and O–H groups in total. The summed E-state index contributed by atoms with van der Waals surface area (Å²) in [5.74, 6) is 0.873. The van der Waals surface area contributed by atoms with Gasteiger partial charge in [0.2, 0.25) is 0 Å². The van der Waals surface area contributed by atoms with Crippen molar-refractivity contribution in [3.63, 3.8) is 0 Å². The van der Waals surface area contributed by atoms with Gasteiger partial charge in [-0.3, -0.25) is 0 Å². The van der Waals surface area contributed by atoms with Crippen molar-refractivity contribution in [3.05, 3.63) is 0 Å². The van der Waals surface area contributed by atoms with Crippen LogP contribution in [0.15, 0.2) is 0 Å². The third kappa shape index (κ3) is 2.76. The fourth-order valence-corrected chi connectivity index (χ4v) is 2.00. The minimum absolute atomic E-state index is 0.214. The van der Waals surface area contributed by atoms with Crippen LogP contribution in [0.25, 0.3) is 0 Å². The molecular weight excluding hydrogens is 150 g/mol. The number of hydrogen-bond donors (Lipinski definition) is 1. The standard InChI is InChI=1S/C10H21NO/c1-8(12-2)10(11)7-9-5-3-4-6-9/h8-10H,3-7,11H2,1-2H3. The number of hydrogen-bond acceptors (Lipinski definition) is 2. The zero-order chi connectivity index (χ0) is 8.97. The molecule has 0 aromatic carbocycles. The summed E-state index contributed by atoms with van der Waals surface area (Å²) in [6, 6.07) is 0.234. The van der Waals surface area contributed by atoms with Gasteiger partial charge in [0.15, 0.2) is 0 Å². The van der Waals surface area contributed by atoms with E-state index >= 15 is 0 Å². The summed E-state index contributed by atoms with van der Waals surface area (Å²) < 4.78 is 5.20. The predicted octanol–water partition coefficient (Wildman–Crippen LogP) is 1.93. The highest BCUT2D eigenvalue weighted by Crippen LogP contribution is 2.28. The molecule has 0 aliphatic heterocycles. The van der Waals surface area contributed by atoms with Gasteiger partial charge in [0.1, 0.15) is 0 Å². The van der Waals surface area contributed by atoms with Crippen molar-refractivity contribution < 1.29 is 4.74 Å². The minimum atomic E-state index is 0.214. The second-order valence-electron chi connectivity index (χ2n) is 3.99. The van der Waals surface area contributed by atoms with E-state index in [1.807, 2.05) is 0 Å². The highest BCUT2D eigenvalue weighted by atomic mass is 16.5. The molecular formula is C10H21NO. The molecule has 0 spiro atoms. The van der Waals surface area contributed by atoms with Crippen molar-refractivity contribution in [2.24, 2.45) is 11.7 Å². The lowest BCUT2D eigenvalue weighted by atomic mass is 9.96. The van der Waals surface area contributed by atoms with E-state index in [1.54, 1.807) is 7.11 Å². The van der Waals surface area contributed by atoms with E-state index < -0.39 is 0 Å². The number of nitrogens with two attached hydrogens (primary N) is 1. The lowest BCUT2D eigenvalue weighted by Crippen LogP contribution is -2.35. The van der Waals surface area contributed by atoms with E-state index in [0.717, 1.165) is 12.3 Å². The fourth-order valence-electron chi connectivity index (χ4n) is 2.00. The Morgan fingerprint density at radius 2 is 2.00 bits per heavy atom. The first kappa shape index (κ1) is 10.0. The maximum Gasteiger partial charge on any atom is 0.0694 e. The van der Waals surface area contributed by atoms with E-state index in [9.17, 15) is 0 Å². The Balaban J connectivity index is 2.19. The number of methoxy groups -OCH3 is 1. The van der Waals surface area contributed by atoms with E-state index in [4.69, 9.17) is 10.5 Å². The van der Waals surface area contributed by atoms with Gasteiger partial charge in [-0.1, -0.05) is 25.7 Å². The average molecular weight is 171 g/mol. The van der Waals surface area contributed by atoms with Crippen LogP contribution in [0, 0.1) is 5.92 Å². The molecule has 72 valence electrons. The molecule has 0 radical (unpaired) electrons. The first-order valence-corrected chi connectivity index (χ1v) is 5.02. The highest BCUT2D eigenvalue weighted by molar-refractivity contribution is 4.76. The van der Waals surface area contributed by atoms with Crippen LogP contribution in [0.3, 0.4) is 0 Å². The van der Waals surface area contributed by atoms with Crippen molar-refractivity contribution in [2.45, 2.75) is 51.2 Å². The largest absolute Gasteiger partial charge is 0.380 e. The summed E-state index contributed by atoms with van der Waals surface area (Å²) in [5, 5.41) is 0. The van der Waals surface area contributed by atoms with E-state index in [0.29, 0.717) is 0 Å². The summed E-state index contributed by atoms with van der Waals surface area (Å²) in [6.45, 7) is 2.06. The van der Waals surface area contributed by atoms with Crippen LogP contribution in [0.5, 0.6) is 0 Å². The summed E-state index contributed by atoms with van der Waals surface area (Å²) in [4.78, 5) is 0. The zero-order valence-electron chi connectivity index (χ0n) is 8.25. The van der Waals surface area contributed by atoms with Crippen LogP contribution < -0.4 is 5.73 Å². The molecule has 1 rings (SSSR count). The Bertz CT molecular complexity index is 121. The first-order chi connectivity index (χ1) is 5.74. The first-order valence-electron chi connectivity index (χ1n) is 5.02. The molecule has 0 amide bonds. The Labute approximate surface area is 75.5 Å². The smallest absolute Gasteiger partial charge is 0.0694 e. The van der Waals surface area contributed by atoms with Crippen molar-refractivity contribution in [2.75, 3.05) is 7.11 Å². The van der Waals surface area contributed by atoms with Gasteiger partial charge >= 0.3 is 0 Å². The molecule has 2 unspecified atom stereocenters. The monoisotopic (exact) mass is 171 g/mol. The normalized spacial score (nSPS) is 24.2. The molecule has 12 heavy (non-hydrogen) atoms. The minimum Gasteiger partial charge on any atom is -0.380 e. The Morgan fingerprint density at radius 1 is 1.42 bits per heavy atom. The van der Waals surface area contributed by atoms with Crippen molar-refractivity contribution in [3.8, 4) is 0 Å². The van der Waals surface area contributed by atoms with E-state index in [1.165, 1.54) is 25.7 Å². The molecule has 0 saturated heterocycles. The van der Waals surface area contributed by atoms with Gasteiger partial charge in [0.05, 0.1) is 6.10 Å². The second-order valence-corrected chi connectivity index (χ2v) is 3.99. The van der Waals surface area contributed by atoms with Gasteiger partial charge in [-0.15, -0.1) is 0 Å². The van der Waals surface area contributed by atoms with Gasteiger partial charge in [-0.05, 0) is 19.3 Å². The maximum absolute atomic E-state index is 5.98. The van der Waals surface area contributed by atoms with Crippen molar-refractivity contribution in [1.29, 1.82) is 0 Å². The van der Waals surface area contributed by atoms with Crippen LogP contribution in [0.1, 0.15) is 39.0 Å². The van der Waals surface area contributed by atoms with E-state index in [2.05, 4.69) is 6.92 Å². The average Bonchev–Trinajstić information content (AvgIpc) is 2.55. The number of rotatable bonds is 4. The molecule has 2 heteroatoms. The predicted molar refractivity (Wildman–Crippen MR) is 51.0 cm³/mol. The second kappa shape index (κ2) is 4.83. The van der Waals surface area contributed by atoms with E-state index in [-0.39, 0.29) is 12.1 Å². The summed E-state index contributed by atoms with van der Waals surface area (Å²) >= 11 is 0. The van der Waals surface area contributed by atoms with Crippen LogP contribution in [-0.4, -0.2) is 19.3 Å². The summed E-state index contributed by atoms with van der Waals surface area (Å²) in [7, 11) is 1.74. The summed E-state index contributed by atoms with van der Waals surface area (Å²) in [6.07, 6.45) is 6.92. The molecule has 0 aromatic heterocycles. The molecule has 1 aliphatic carbocycles. The molecule has 2 nitrogen and oxygen atoms in total. The zero-order valence-corrected chi connectivity index (χ0v) is 8.25. The molecule has 0 bridgehead atoms. The summed E-state index contributed by atoms with van der Waals surface area (Å²) in [5.41, 5.74) is 5.98. The van der Waals surface area contributed by atoms with Gasteiger partial charge in [0, 0.05) is 13.2 Å². The molecule has 1 saturated carbocycles. The third-order valence-electron chi connectivity index (χ3n) is 3.05. The van der Waals surface area contributed by atoms with Crippen LogP contribution in [0.4, 0.5) is 0 Å². The Morgan fingerprint density at radius 3 is 2.50 bits per heavy atom. The van der Waals surface area contributed by atoms with Crippen LogP contribution in [0.2, 0.25) is 0 Å².